The maximum absolute atomic E-state index is 12.9. The quantitative estimate of drug-likeness (QED) is 0.447. The van der Waals surface area contributed by atoms with Crippen molar-refractivity contribution in [3.05, 3.63) is 84.2 Å². The molecule has 162 valence electrons. The van der Waals surface area contributed by atoms with Gasteiger partial charge in [0.2, 0.25) is 5.82 Å². The van der Waals surface area contributed by atoms with Crippen molar-refractivity contribution in [2.24, 2.45) is 0 Å². The molecule has 0 radical (unpaired) electrons. The molecule has 1 amide bonds. The third-order valence-corrected chi connectivity index (χ3v) is 4.65. The van der Waals surface area contributed by atoms with Crippen LogP contribution >= 0.6 is 0 Å². The standard InChI is InChI=1S/C24H20FN3O4/c1-30-20-10-4-17(5-11-20)23-27-24(32-28-23)18-6-12-21(13-7-18)31-15-22(29)26-14-16-2-8-19(25)9-3-16/h2-13H,14-15H2,1H3,(H,26,29). The van der Waals surface area contributed by atoms with E-state index in [9.17, 15) is 9.18 Å². The van der Waals surface area contributed by atoms with Gasteiger partial charge in [0.05, 0.1) is 7.11 Å². The van der Waals surface area contributed by atoms with Crippen molar-refractivity contribution in [1.82, 2.24) is 15.5 Å². The Balaban J connectivity index is 1.30. The first-order valence-electron chi connectivity index (χ1n) is 9.83. The van der Waals surface area contributed by atoms with Crippen LogP contribution in [0, 0.1) is 5.82 Å². The molecule has 1 aromatic heterocycles. The van der Waals surface area contributed by atoms with Crippen molar-refractivity contribution >= 4 is 5.91 Å². The van der Waals surface area contributed by atoms with E-state index in [1.807, 2.05) is 24.3 Å². The van der Waals surface area contributed by atoms with Gasteiger partial charge in [-0.2, -0.15) is 4.98 Å². The first-order valence-corrected chi connectivity index (χ1v) is 9.83. The van der Waals surface area contributed by atoms with Crippen LogP contribution in [0.15, 0.2) is 77.3 Å². The van der Waals surface area contributed by atoms with Crippen LogP contribution in [0.5, 0.6) is 11.5 Å². The van der Waals surface area contributed by atoms with Gasteiger partial charge in [-0.25, -0.2) is 4.39 Å². The molecular weight excluding hydrogens is 413 g/mol. The Morgan fingerprint density at radius 3 is 2.28 bits per heavy atom. The lowest BCUT2D eigenvalue weighted by molar-refractivity contribution is -0.123. The van der Waals surface area contributed by atoms with E-state index >= 15 is 0 Å². The van der Waals surface area contributed by atoms with Gasteiger partial charge in [0.25, 0.3) is 11.8 Å². The lowest BCUT2D eigenvalue weighted by atomic mass is 10.2. The summed E-state index contributed by atoms with van der Waals surface area (Å²) >= 11 is 0. The van der Waals surface area contributed by atoms with Gasteiger partial charge in [-0.1, -0.05) is 17.3 Å². The number of carbonyl (C=O) groups is 1. The minimum Gasteiger partial charge on any atom is -0.497 e. The summed E-state index contributed by atoms with van der Waals surface area (Å²) in [6.07, 6.45) is 0. The van der Waals surface area contributed by atoms with E-state index in [0.717, 1.165) is 22.4 Å². The fourth-order valence-electron chi connectivity index (χ4n) is 2.89. The summed E-state index contributed by atoms with van der Waals surface area (Å²) in [5.41, 5.74) is 2.34. The van der Waals surface area contributed by atoms with Gasteiger partial charge in [-0.15, -0.1) is 0 Å². The third kappa shape index (κ3) is 5.28. The molecule has 1 N–H and O–H groups in total. The van der Waals surface area contributed by atoms with Gasteiger partial charge in [-0.3, -0.25) is 4.79 Å². The summed E-state index contributed by atoms with van der Waals surface area (Å²) in [5.74, 6) is 1.53. The molecule has 4 rings (SSSR count). The van der Waals surface area contributed by atoms with E-state index < -0.39 is 0 Å². The van der Waals surface area contributed by atoms with Gasteiger partial charge in [0.15, 0.2) is 6.61 Å². The Morgan fingerprint density at radius 2 is 1.59 bits per heavy atom. The van der Waals surface area contributed by atoms with Gasteiger partial charge in [0, 0.05) is 17.7 Å². The van der Waals surface area contributed by atoms with Crippen molar-refractivity contribution in [3.63, 3.8) is 0 Å². The monoisotopic (exact) mass is 433 g/mol. The molecule has 0 spiro atoms. The number of benzene rings is 3. The summed E-state index contributed by atoms with van der Waals surface area (Å²) < 4.78 is 28.9. The zero-order valence-electron chi connectivity index (χ0n) is 17.2. The van der Waals surface area contributed by atoms with Crippen LogP contribution in [0.4, 0.5) is 4.39 Å². The maximum Gasteiger partial charge on any atom is 0.258 e. The van der Waals surface area contributed by atoms with Crippen molar-refractivity contribution in [1.29, 1.82) is 0 Å². The van der Waals surface area contributed by atoms with Crippen LogP contribution in [0.2, 0.25) is 0 Å². The number of ether oxygens (including phenoxy) is 2. The molecule has 0 atom stereocenters. The van der Waals surface area contributed by atoms with Crippen LogP contribution in [-0.4, -0.2) is 29.8 Å². The number of halogens is 1. The zero-order valence-corrected chi connectivity index (χ0v) is 17.2. The highest BCUT2D eigenvalue weighted by Gasteiger charge is 2.11. The minimum atomic E-state index is -0.315. The van der Waals surface area contributed by atoms with E-state index in [1.54, 1.807) is 43.5 Å². The number of amides is 1. The fraction of sp³-hybridized carbons (Fsp3) is 0.125. The van der Waals surface area contributed by atoms with Crippen molar-refractivity contribution in [3.8, 4) is 34.3 Å². The first-order chi connectivity index (χ1) is 15.6. The number of rotatable bonds is 8. The molecule has 0 aliphatic heterocycles. The number of aromatic nitrogens is 2. The molecule has 0 saturated carbocycles. The lowest BCUT2D eigenvalue weighted by Gasteiger charge is -2.08. The predicted octanol–water partition coefficient (Wildman–Crippen LogP) is 4.25. The predicted molar refractivity (Wildman–Crippen MR) is 115 cm³/mol. The molecule has 0 unspecified atom stereocenters. The topological polar surface area (TPSA) is 86.5 Å². The second-order valence-corrected chi connectivity index (χ2v) is 6.87. The lowest BCUT2D eigenvalue weighted by Crippen LogP contribution is -2.28. The summed E-state index contributed by atoms with van der Waals surface area (Å²) in [6, 6.07) is 20.3. The van der Waals surface area contributed by atoms with Crippen LogP contribution < -0.4 is 14.8 Å². The van der Waals surface area contributed by atoms with Crippen molar-refractivity contribution in [2.75, 3.05) is 13.7 Å². The minimum absolute atomic E-state index is 0.136. The van der Waals surface area contributed by atoms with E-state index in [2.05, 4.69) is 15.5 Å². The number of methoxy groups -OCH3 is 1. The molecule has 1 heterocycles. The molecule has 0 fully saturated rings. The van der Waals surface area contributed by atoms with Crippen LogP contribution in [-0.2, 0) is 11.3 Å². The second-order valence-electron chi connectivity index (χ2n) is 6.87. The fourth-order valence-corrected chi connectivity index (χ4v) is 2.89. The Labute approximate surface area is 183 Å². The van der Waals surface area contributed by atoms with Crippen LogP contribution in [0.25, 0.3) is 22.8 Å². The Kier molecular flexibility index (Phi) is 6.41. The van der Waals surface area contributed by atoms with E-state index in [1.165, 1.54) is 12.1 Å². The average molecular weight is 433 g/mol. The Morgan fingerprint density at radius 1 is 0.938 bits per heavy atom. The molecule has 0 aliphatic rings. The Bertz CT molecular complexity index is 1170. The molecular formula is C24H20FN3O4. The third-order valence-electron chi connectivity index (χ3n) is 4.65. The number of nitrogens with zero attached hydrogens (tertiary/aromatic N) is 2. The highest BCUT2D eigenvalue weighted by Crippen LogP contribution is 2.25. The molecule has 0 aliphatic carbocycles. The van der Waals surface area contributed by atoms with E-state index in [0.29, 0.717) is 24.0 Å². The molecule has 0 bridgehead atoms. The molecule has 3 aromatic carbocycles. The summed E-state index contributed by atoms with van der Waals surface area (Å²) in [6.45, 7) is 0.165. The van der Waals surface area contributed by atoms with Gasteiger partial charge in [-0.05, 0) is 66.2 Å². The van der Waals surface area contributed by atoms with Crippen LogP contribution in [0.3, 0.4) is 0 Å². The largest absolute Gasteiger partial charge is 0.497 e. The maximum atomic E-state index is 12.9. The van der Waals surface area contributed by atoms with Crippen LogP contribution in [0.1, 0.15) is 5.56 Å². The van der Waals surface area contributed by atoms with Gasteiger partial charge < -0.3 is 19.3 Å². The molecule has 7 nitrogen and oxygen atoms in total. The zero-order chi connectivity index (χ0) is 22.3. The molecule has 32 heavy (non-hydrogen) atoms. The Hall–Kier alpha value is -4.20. The summed E-state index contributed by atoms with van der Waals surface area (Å²) in [4.78, 5) is 16.4. The number of hydrogen-bond acceptors (Lipinski definition) is 6. The van der Waals surface area contributed by atoms with Crippen molar-refractivity contribution < 1.29 is 23.2 Å². The van der Waals surface area contributed by atoms with Crippen molar-refractivity contribution in [2.45, 2.75) is 6.54 Å². The number of hydrogen-bond donors (Lipinski definition) is 1. The molecule has 4 aromatic rings. The number of nitrogens with one attached hydrogen (secondary N) is 1. The summed E-state index contributed by atoms with van der Waals surface area (Å²) in [5, 5.41) is 6.74. The molecule has 0 saturated heterocycles. The summed E-state index contributed by atoms with van der Waals surface area (Å²) in [7, 11) is 1.61. The average Bonchev–Trinajstić information content (AvgIpc) is 3.33. The first kappa shape index (κ1) is 21.0. The second kappa shape index (κ2) is 9.74. The smallest absolute Gasteiger partial charge is 0.258 e. The highest BCUT2D eigenvalue weighted by molar-refractivity contribution is 5.77. The van der Waals surface area contributed by atoms with Gasteiger partial charge >= 0.3 is 0 Å². The molecule has 8 heteroatoms. The van der Waals surface area contributed by atoms with E-state index in [-0.39, 0.29) is 18.3 Å². The highest BCUT2D eigenvalue weighted by atomic mass is 19.1. The normalized spacial score (nSPS) is 10.6. The SMILES string of the molecule is COc1ccc(-c2noc(-c3ccc(OCC(=O)NCc4ccc(F)cc4)cc3)n2)cc1. The number of carbonyl (C=O) groups excluding carboxylic acids is 1. The van der Waals surface area contributed by atoms with E-state index in [4.69, 9.17) is 14.0 Å². The van der Waals surface area contributed by atoms with Gasteiger partial charge in [0.1, 0.15) is 17.3 Å².